The first-order valence-corrected chi connectivity index (χ1v) is 12.0. The molecule has 1 N–H and O–H groups in total. The zero-order chi connectivity index (χ0) is 25.5. The fourth-order valence-corrected chi connectivity index (χ4v) is 4.01. The summed E-state index contributed by atoms with van der Waals surface area (Å²) in [5, 5.41) is 0. The second kappa shape index (κ2) is 11.9. The normalized spacial score (nSPS) is 14.4. The van der Waals surface area contributed by atoms with Crippen LogP contribution >= 0.6 is 0 Å². The lowest BCUT2D eigenvalue weighted by Gasteiger charge is -2.34. The molecule has 1 saturated heterocycles. The molecule has 10 heteroatoms. The Labute approximate surface area is 209 Å². The fourth-order valence-electron chi connectivity index (χ4n) is 4.01. The molecule has 0 radical (unpaired) electrons. The molecule has 4 rings (SSSR count). The number of nitrogens with one attached hydrogen (secondary N) is 1. The molecule has 0 atom stereocenters. The summed E-state index contributed by atoms with van der Waals surface area (Å²) in [6.07, 6.45) is -0.00927. The van der Waals surface area contributed by atoms with Gasteiger partial charge in [0.15, 0.2) is 11.4 Å². The summed E-state index contributed by atoms with van der Waals surface area (Å²) in [6, 6.07) is 12.5. The molecule has 36 heavy (non-hydrogen) atoms. The number of rotatable bonds is 10. The van der Waals surface area contributed by atoms with Crippen LogP contribution in [0.4, 0.5) is 4.79 Å². The number of likely N-dealkylation sites (N-methyl/N-ethyl adjacent to an activating group) is 1. The van der Waals surface area contributed by atoms with E-state index in [9.17, 15) is 14.4 Å². The van der Waals surface area contributed by atoms with Crippen molar-refractivity contribution < 1.29 is 23.5 Å². The Hall–Kier alpha value is -3.63. The first-order chi connectivity index (χ1) is 17.4. The van der Waals surface area contributed by atoms with Crippen LogP contribution in [0.2, 0.25) is 0 Å². The van der Waals surface area contributed by atoms with Gasteiger partial charge in [0.2, 0.25) is 0 Å². The zero-order valence-electron chi connectivity index (χ0n) is 20.7. The predicted octanol–water partition coefficient (Wildman–Crippen LogP) is 2.59. The molecule has 1 aliphatic heterocycles. The Morgan fingerprint density at radius 3 is 2.64 bits per heavy atom. The largest absolute Gasteiger partial charge is 0.492 e. The van der Waals surface area contributed by atoms with E-state index in [2.05, 4.69) is 9.88 Å². The van der Waals surface area contributed by atoms with Gasteiger partial charge in [0.05, 0.1) is 5.52 Å². The molecular weight excluding hydrogens is 464 g/mol. The van der Waals surface area contributed by atoms with Crippen LogP contribution in [0, 0.1) is 0 Å². The van der Waals surface area contributed by atoms with Crippen molar-refractivity contribution in [1.29, 1.82) is 0 Å². The number of hydrogen-bond acceptors (Lipinski definition) is 8. The molecule has 3 aromatic rings. The summed E-state index contributed by atoms with van der Waals surface area (Å²) in [4.78, 5) is 45.0. The van der Waals surface area contributed by atoms with E-state index >= 15 is 0 Å². The van der Waals surface area contributed by atoms with Crippen molar-refractivity contribution in [1.82, 2.24) is 19.7 Å². The van der Waals surface area contributed by atoms with Crippen molar-refractivity contribution in [2.45, 2.75) is 13.0 Å². The van der Waals surface area contributed by atoms with E-state index in [1.54, 1.807) is 23.1 Å². The van der Waals surface area contributed by atoms with Gasteiger partial charge in [0.1, 0.15) is 19.0 Å². The van der Waals surface area contributed by atoms with Crippen LogP contribution in [0.25, 0.3) is 11.1 Å². The number of aromatic nitrogens is 1. The van der Waals surface area contributed by atoms with E-state index in [-0.39, 0.29) is 18.5 Å². The third kappa shape index (κ3) is 6.73. The molecule has 1 fully saturated rings. The lowest BCUT2D eigenvalue weighted by atomic mass is 10.1. The molecule has 0 saturated carbocycles. The number of aromatic amines is 1. The SMILES string of the molecule is CN(C)CCOc1ccccc1COC(=O)N1CCN(CCC(=O)c2ccc3[nH]c(=O)oc3c2)CC1. The average Bonchev–Trinajstić information content (AvgIpc) is 3.25. The van der Waals surface area contributed by atoms with Gasteiger partial charge < -0.3 is 23.7 Å². The number of carbonyl (C=O) groups excluding carboxylic acids is 2. The summed E-state index contributed by atoms with van der Waals surface area (Å²) < 4.78 is 16.4. The first kappa shape index (κ1) is 25.5. The number of fused-ring (bicyclic) bond motifs is 1. The van der Waals surface area contributed by atoms with E-state index in [1.807, 2.05) is 43.3 Å². The second-order valence-corrected chi connectivity index (χ2v) is 9.04. The molecule has 192 valence electrons. The third-order valence-corrected chi connectivity index (χ3v) is 6.15. The number of nitrogens with zero attached hydrogens (tertiary/aromatic N) is 3. The molecule has 2 heterocycles. The summed E-state index contributed by atoms with van der Waals surface area (Å²) in [7, 11) is 3.97. The number of carbonyl (C=O) groups is 2. The Kier molecular flexibility index (Phi) is 8.40. The minimum Gasteiger partial charge on any atom is -0.492 e. The Morgan fingerprint density at radius 1 is 1.08 bits per heavy atom. The Balaban J connectivity index is 1.20. The van der Waals surface area contributed by atoms with E-state index in [0.717, 1.165) is 17.9 Å². The Morgan fingerprint density at radius 2 is 1.86 bits per heavy atom. The van der Waals surface area contributed by atoms with Crippen molar-refractivity contribution >= 4 is 23.0 Å². The maximum Gasteiger partial charge on any atom is 0.417 e. The molecule has 1 aromatic heterocycles. The first-order valence-electron chi connectivity index (χ1n) is 12.0. The highest BCUT2D eigenvalue weighted by atomic mass is 16.6. The number of hydrogen-bond donors (Lipinski definition) is 1. The molecule has 0 aliphatic carbocycles. The smallest absolute Gasteiger partial charge is 0.417 e. The lowest BCUT2D eigenvalue weighted by Crippen LogP contribution is -2.49. The maximum atomic E-state index is 12.6. The monoisotopic (exact) mass is 496 g/mol. The van der Waals surface area contributed by atoms with Gasteiger partial charge in [-0.3, -0.25) is 14.7 Å². The quantitative estimate of drug-likeness (QED) is 0.427. The zero-order valence-corrected chi connectivity index (χ0v) is 20.7. The number of H-pyrrole nitrogens is 1. The molecule has 1 aliphatic rings. The van der Waals surface area contributed by atoms with Gasteiger partial charge in [-0.05, 0) is 38.4 Å². The number of benzene rings is 2. The molecule has 0 spiro atoms. The molecule has 2 aromatic carbocycles. The van der Waals surface area contributed by atoms with Crippen LogP contribution in [0.15, 0.2) is 51.7 Å². The standard InChI is InChI=1S/C26H32N4O6/c1-28(2)15-16-34-23-6-4-3-5-20(23)18-35-26(33)30-13-11-29(12-14-30)10-9-22(31)19-7-8-21-24(17-19)36-25(32)27-21/h3-8,17H,9-16,18H2,1-2H3,(H,27,32). The van der Waals surface area contributed by atoms with E-state index in [4.69, 9.17) is 13.9 Å². The molecule has 0 unspecified atom stereocenters. The van der Waals surface area contributed by atoms with Crippen molar-refractivity contribution in [3.05, 3.63) is 64.1 Å². The lowest BCUT2D eigenvalue weighted by molar-refractivity contribution is 0.0691. The molecule has 1 amide bonds. The van der Waals surface area contributed by atoms with E-state index < -0.39 is 5.76 Å². The van der Waals surface area contributed by atoms with Crippen LogP contribution in [-0.2, 0) is 11.3 Å². The molecular formula is C26H32N4O6. The summed E-state index contributed by atoms with van der Waals surface area (Å²) >= 11 is 0. The minimum atomic E-state index is -0.538. The van der Waals surface area contributed by atoms with Crippen molar-refractivity contribution in [3.63, 3.8) is 0 Å². The second-order valence-electron chi connectivity index (χ2n) is 9.04. The number of piperazine rings is 1. The third-order valence-electron chi connectivity index (χ3n) is 6.15. The van der Waals surface area contributed by atoms with Crippen LogP contribution in [0.1, 0.15) is 22.3 Å². The highest BCUT2D eigenvalue weighted by Crippen LogP contribution is 2.20. The van der Waals surface area contributed by atoms with Crippen LogP contribution < -0.4 is 10.5 Å². The van der Waals surface area contributed by atoms with E-state index in [1.165, 1.54) is 0 Å². The van der Waals surface area contributed by atoms with E-state index in [0.29, 0.717) is 62.4 Å². The van der Waals surface area contributed by atoms with Gasteiger partial charge >= 0.3 is 11.8 Å². The van der Waals surface area contributed by atoms with Crippen LogP contribution in [-0.4, -0.2) is 91.5 Å². The van der Waals surface area contributed by atoms with Crippen LogP contribution in [0.5, 0.6) is 5.75 Å². The summed E-state index contributed by atoms with van der Waals surface area (Å²) in [6.45, 7) is 4.50. The topological polar surface area (TPSA) is 108 Å². The molecule has 10 nitrogen and oxygen atoms in total. The number of para-hydroxylation sites is 1. The van der Waals surface area contributed by atoms with Gasteiger partial charge in [0.25, 0.3) is 0 Å². The summed E-state index contributed by atoms with van der Waals surface area (Å²) in [5.74, 6) is 0.164. The predicted molar refractivity (Wildman–Crippen MR) is 134 cm³/mol. The maximum absolute atomic E-state index is 12.6. The molecule has 0 bridgehead atoms. The average molecular weight is 497 g/mol. The minimum absolute atomic E-state index is 0.0194. The van der Waals surface area contributed by atoms with Crippen LogP contribution in [0.3, 0.4) is 0 Å². The number of oxazole rings is 1. The highest BCUT2D eigenvalue weighted by molar-refractivity contribution is 5.98. The number of ether oxygens (including phenoxy) is 2. The van der Waals surface area contributed by atoms with Gasteiger partial charge in [-0.25, -0.2) is 9.59 Å². The Bertz CT molecular complexity index is 1240. The number of amides is 1. The van der Waals surface area contributed by atoms with Gasteiger partial charge in [-0.15, -0.1) is 0 Å². The summed E-state index contributed by atoms with van der Waals surface area (Å²) in [5.41, 5.74) is 2.29. The van der Waals surface area contributed by atoms with Gasteiger partial charge in [-0.2, -0.15) is 0 Å². The van der Waals surface area contributed by atoms with Gasteiger partial charge in [0, 0.05) is 56.8 Å². The van der Waals surface area contributed by atoms with Crippen molar-refractivity contribution in [2.24, 2.45) is 0 Å². The fraction of sp³-hybridized carbons (Fsp3) is 0.423. The van der Waals surface area contributed by atoms with Crippen molar-refractivity contribution in [3.8, 4) is 5.75 Å². The van der Waals surface area contributed by atoms with Gasteiger partial charge in [-0.1, -0.05) is 18.2 Å². The number of Topliss-reactive ketones (excluding diaryl/α,β-unsaturated/α-hetero) is 1. The van der Waals surface area contributed by atoms with Crippen molar-refractivity contribution in [2.75, 3.05) is 60.0 Å². The number of ketones is 1. The highest BCUT2D eigenvalue weighted by Gasteiger charge is 2.23.